The molecular formula is C12H14FN3O4S. The summed E-state index contributed by atoms with van der Waals surface area (Å²) in [6.45, 7) is 3.31. The van der Waals surface area contributed by atoms with Crippen molar-refractivity contribution in [1.82, 2.24) is 4.72 Å². The van der Waals surface area contributed by atoms with Gasteiger partial charge in [0.25, 0.3) is 10.0 Å². The predicted octanol–water partition coefficient (Wildman–Crippen LogP) is 0.995. The Morgan fingerprint density at radius 3 is 2.62 bits per heavy atom. The van der Waals surface area contributed by atoms with Crippen LogP contribution in [0.5, 0.6) is 0 Å². The highest BCUT2D eigenvalue weighted by atomic mass is 32.2. The number of hydrogen-bond acceptors (Lipinski definition) is 4. The molecule has 0 radical (unpaired) electrons. The molecule has 0 amide bonds. The number of nitrogens with one attached hydrogen (secondary N) is 2. The van der Waals surface area contributed by atoms with E-state index in [2.05, 4.69) is 15.0 Å². The number of guanidine groups is 1. The van der Waals surface area contributed by atoms with Gasteiger partial charge < -0.3 is 10.4 Å². The minimum atomic E-state index is -3.99. The quantitative estimate of drug-likeness (QED) is 0.771. The van der Waals surface area contributed by atoms with Crippen LogP contribution in [0.4, 0.5) is 10.1 Å². The number of fused-ring (bicyclic) bond motifs is 1. The van der Waals surface area contributed by atoms with E-state index < -0.39 is 27.9 Å². The van der Waals surface area contributed by atoms with E-state index in [1.165, 1.54) is 6.07 Å². The van der Waals surface area contributed by atoms with Gasteiger partial charge in [-0.3, -0.25) is 0 Å². The Balaban J connectivity index is 2.44. The van der Waals surface area contributed by atoms with Gasteiger partial charge in [0.1, 0.15) is 10.7 Å². The third-order valence-electron chi connectivity index (χ3n) is 2.87. The second kappa shape index (κ2) is 5.32. The van der Waals surface area contributed by atoms with Crippen LogP contribution in [0.2, 0.25) is 0 Å². The fraction of sp³-hybridized carbons (Fsp3) is 0.333. The lowest BCUT2D eigenvalue weighted by molar-refractivity contribution is -0.139. The van der Waals surface area contributed by atoms with Gasteiger partial charge in [0.2, 0.25) is 5.96 Å². The van der Waals surface area contributed by atoms with Crippen LogP contribution in [-0.4, -0.2) is 31.5 Å². The molecule has 7 nitrogen and oxygen atoms in total. The largest absolute Gasteiger partial charge is 0.480 e. The summed E-state index contributed by atoms with van der Waals surface area (Å²) in [5, 5.41) is 11.7. The van der Waals surface area contributed by atoms with E-state index in [1.54, 1.807) is 13.8 Å². The number of aliphatic carboxylic acids is 1. The molecule has 1 aliphatic rings. The van der Waals surface area contributed by atoms with Gasteiger partial charge >= 0.3 is 5.97 Å². The van der Waals surface area contributed by atoms with E-state index in [9.17, 15) is 17.6 Å². The van der Waals surface area contributed by atoms with Crippen LogP contribution in [0.1, 0.15) is 13.8 Å². The molecule has 1 heterocycles. The van der Waals surface area contributed by atoms with Crippen LogP contribution in [-0.2, 0) is 14.8 Å². The maximum Gasteiger partial charge on any atom is 0.328 e. The first-order valence-electron chi connectivity index (χ1n) is 6.10. The van der Waals surface area contributed by atoms with E-state index in [-0.39, 0.29) is 22.5 Å². The maximum atomic E-state index is 13.1. The lowest BCUT2D eigenvalue weighted by Crippen LogP contribution is -2.42. The number of carbonyl (C=O) groups is 1. The summed E-state index contributed by atoms with van der Waals surface area (Å²) in [5.74, 6) is -2.37. The lowest BCUT2D eigenvalue weighted by Gasteiger charge is -2.23. The van der Waals surface area contributed by atoms with Gasteiger partial charge in [0, 0.05) is 0 Å². The average Bonchev–Trinajstić information content (AvgIpc) is 2.35. The number of carboxylic acid groups (broad SMARTS) is 1. The molecule has 0 aliphatic carbocycles. The molecule has 0 bridgehead atoms. The van der Waals surface area contributed by atoms with Crippen molar-refractivity contribution in [2.45, 2.75) is 24.8 Å². The molecule has 3 N–H and O–H groups in total. The third kappa shape index (κ3) is 3.13. The summed E-state index contributed by atoms with van der Waals surface area (Å²) in [6.07, 6.45) is 0. The van der Waals surface area contributed by atoms with Crippen molar-refractivity contribution in [3.05, 3.63) is 24.0 Å². The van der Waals surface area contributed by atoms with Gasteiger partial charge in [0.15, 0.2) is 6.04 Å². The van der Waals surface area contributed by atoms with Crippen molar-refractivity contribution in [3.63, 3.8) is 0 Å². The molecule has 1 unspecified atom stereocenters. The van der Waals surface area contributed by atoms with Crippen LogP contribution in [0.3, 0.4) is 0 Å². The first kappa shape index (κ1) is 15.2. The minimum absolute atomic E-state index is 0.141. The Bertz CT molecular complexity index is 715. The molecule has 2 rings (SSSR count). The first-order valence-corrected chi connectivity index (χ1v) is 7.59. The molecule has 1 atom stereocenters. The van der Waals surface area contributed by atoms with E-state index in [0.717, 1.165) is 12.1 Å². The number of anilines is 1. The smallest absolute Gasteiger partial charge is 0.328 e. The average molecular weight is 315 g/mol. The monoisotopic (exact) mass is 315 g/mol. The number of sulfonamides is 1. The first-order chi connectivity index (χ1) is 9.70. The number of benzene rings is 1. The summed E-state index contributed by atoms with van der Waals surface area (Å²) >= 11 is 0. The fourth-order valence-electron chi connectivity index (χ4n) is 1.84. The summed E-state index contributed by atoms with van der Waals surface area (Å²) in [5.41, 5.74) is 0.141. The number of rotatable bonds is 3. The van der Waals surface area contributed by atoms with Crippen LogP contribution >= 0.6 is 0 Å². The molecule has 1 aromatic carbocycles. The summed E-state index contributed by atoms with van der Waals surface area (Å²) < 4.78 is 39.2. The summed E-state index contributed by atoms with van der Waals surface area (Å²) in [7, 11) is -3.99. The zero-order chi connectivity index (χ0) is 15.8. The van der Waals surface area contributed by atoms with Crippen LogP contribution in [0, 0.1) is 11.7 Å². The van der Waals surface area contributed by atoms with Gasteiger partial charge in [0.05, 0.1) is 5.69 Å². The number of halogens is 1. The molecule has 1 aromatic rings. The Morgan fingerprint density at radius 2 is 2.05 bits per heavy atom. The van der Waals surface area contributed by atoms with Crippen molar-refractivity contribution >= 4 is 27.6 Å². The minimum Gasteiger partial charge on any atom is -0.480 e. The van der Waals surface area contributed by atoms with Gasteiger partial charge in [-0.2, -0.15) is 0 Å². The van der Waals surface area contributed by atoms with E-state index in [1.807, 2.05) is 0 Å². The number of hydrogen-bond donors (Lipinski definition) is 3. The van der Waals surface area contributed by atoms with Crippen LogP contribution in [0.15, 0.2) is 28.1 Å². The van der Waals surface area contributed by atoms with Crippen LogP contribution < -0.4 is 10.0 Å². The van der Waals surface area contributed by atoms with Gasteiger partial charge in [-0.05, 0) is 24.1 Å². The molecule has 0 saturated heterocycles. The van der Waals surface area contributed by atoms with Crippen molar-refractivity contribution in [1.29, 1.82) is 0 Å². The van der Waals surface area contributed by atoms with Crippen molar-refractivity contribution in [2.75, 3.05) is 5.32 Å². The van der Waals surface area contributed by atoms with Gasteiger partial charge in [-0.15, -0.1) is 0 Å². The molecule has 0 fully saturated rings. The highest BCUT2D eigenvalue weighted by Gasteiger charge is 2.29. The zero-order valence-corrected chi connectivity index (χ0v) is 12.1. The van der Waals surface area contributed by atoms with Crippen molar-refractivity contribution < 1.29 is 22.7 Å². The standard InChI is InChI=1S/C12H14FN3O4S/c1-6(2)10(11(17)18)15-12-14-8-4-3-7(13)5-9(8)21(19,20)16-12/h3-6,10H,1-2H3,(H,17,18)(H2,14,15,16). The van der Waals surface area contributed by atoms with Crippen LogP contribution in [0.25, 0.3) is 0 Å². The summed E-state index contributed by atoms with van der Waals surface area (Å²) in [6, 6.07) is 2.13. The number of nitrogens with zero attached hydrogens (tertiary/aromatic N) is 1. The lowest BCUT2D eigenvalue weighted by atomic mass is 10.1. The Kier molecular flexibility index (Phi) is 3.86. The number of carboxylic acids is 1. The van der Waals surface area contributed by atoms with Gasteiger partial charge in [-0.25, -0.2) is 27.3 Å². The third-order valence-corrected chi connectivity index (χ3v) is 4.25. The second-order valence-electron chi connectivity index (χ2n) is 4.88. The molecule has 0 saturated carbocycles. The highest BCUT2D eigenvalue weighted by molar-refractivity contribution is 7.90. The molecule has 1 aliphatic heterocycles. The fourth-order valence-corrected chi connectivity index (χ4v) is 2.99. The molecule has 0 aromatic heterocycles. The van der Waals surface area contributed by atoms with E-state index in [0.29, 0.717) is 0 Å². The molecule has 9 heteroatoms. The van der Waals surface area contributed by atoms with E-state index >= 15 is 0 Å². The molecule has 21 heavy (non-hydrogen) atoms. The predicted molar refractivity (Wildman–Crippen MR) is 74.0 cm³/mol. The highest BCUT2D eigenvalue weighted by Crippen LogP contribution is 2.25. The van der Waals surface area contributed by atoms with E-state index in [4.69, 9.17) is 5.11 Å². The topological polar surface area (TPSA) is 108 Å². The Hall–Kier alpha value is -2.16. The molecule has 0 spiro atoms. The molecule has 114 valence electrons. The van der Waals surface area contributed by atoms with Crippen molar-refractivity contribution in [2.24, 2.45) is 10.9 Å². The van der Waals surface area contributed by atoms with Crippen molar-refractivity contribution in [3.8, 4) is 0 Å². The number of aliphatic imine (C=N–C) groups is 1. The Morgan fingerprint density at radius 1 is 1.38 bits per heavy atom. The Labute approximate surface area is 120 Å². The summed E-state index contributed by atoms with van der Waals surface area (Å²) in [4.78, 5) is 14.7. The van der Waals surface area contributed by atoms with Gasteiger partial charge in [-0.1, -0.05) is 13.8 Å². The zero-order valence-electron chi connectivity index (χ0n) is 11.3. The second-order valence-corrected chi connectivity index (χ2v) is 6.53. The molecular weight excluding hydrogens is 301 g/mol. The maximum absolute atomic E-state index is 13.1. The SMILES string of the molecule is CC(C)C(N=C1Nc2ccc(F)cc2S(=O)(=O)N1)C(=O)O. The normalized spacial score (nSPS) is 19.5.